The lowest BCUT2D eigenvalue weighted by Crippen LogP contribution is -2.35. The van der Waals surface area contributed by atoms with Crippen molar-refractivity contribution in [1.29, 1.82) is 0 Å². The van der Waals surface area contributed by atoms with Gasteiger partial charge in [0, 0.05) is 38.6 Å². The quantitative estimate of drug-likeness (QED) is 0.785. The van der Waals surface area contributed by atoms with E-state index in [-0.39, 0.29) is 5.60 Å². The highest BCUT2D eigenvalue weighted by Gasteiger charge is 2.30. The summed E-state index contributed by atoms with van der Waals surface area (Å²) in [5, 5.41) is 3.45. The molecular formula is C16H29N3O2. The van der Waals surface area contributed by atoms with Gasteiger partial charge in [-0.1, -0.05) is 0 Å². The fraction of sp³-hybridized carbons (Fsp3) is 0.812. The van der Waals surface area contributed by atoms with Crippen LogP contribution < -0.4 is 5.32 Å². The van der Waals surface area contributed by atoms with Crippen LogP contribution >= 0.6 is 0 Å². The first kappa shape index (κ1) is 16.3. The molecule has 1 fully saturated rings. The predicted octanol–water partition coefficient (Wildman–Crippen LogP) is 3.16. The molecule has 0 bridgehead atoms. The molecular weight excluding hydrogens is 266 g/mol. The van der Waals surface area contributed by atoms with E-state index in [4.69, 9.17) is 9.47 Å². The number of aromatic nitrogens is 2. The Kier molecular flexibility index (Phi) is 5.65. The molecule has 0 amide bonds. The van der Waals surface area contributed by atoms with Gasteiger partial charge in [-0.2, -0.15) is 0 Å². The largest absolute Gasteiger partial charge is 0.382 e. The Labute approximate surface area is 128 Å². The van der Waals surface area contributed by atoms with Gasteiger partial charge in [0.15, 0.2) is 0 Å². The monoisotopic (exact) mass is 295 g/mol. The summed E-state index contributed by atoms with van der Waals surface area (Å²) in [4.78, 5) is 4.62. The fourth-order valence-electron chi connectivity index (χ4n) is 2.88. The van der Waals surface area contributed by atoms with Gasteiger partial charge in [-0.05, 0) is 47.0 Å². The average Bonchev–Trinajstić information content (AvgIpc) is 2.78. The van der Waals surface area contributed by atoms with Crippen LogP contribution in [0.5, 0.6) is 0 Å². The zero-order valence-corrected chi connectivity index (χ0v) is 13.8. The summed E-state index contributed by atoms with van der Waals surface area (Å²) in [6.45, 7) is 11.7. The summed E-state index contributed by atoms with van der Waals surface area (Å²) in [5.41, 5.74) is 1.01. The molecule has 2 heterocycles. The Bertz CT molecular complexity index is 443. The summed E-state index contributed by atoms with van der Waals surface area (Å²) in [7, 11) is 0. The van der Waals surface area contributed by atoms with Crippen LogP contribution in [0.1, 0.15) is 51.8 Å². The summed E-state index contributed by atoms with van der Waals surface area (Å²) in [6.07, 6.45) is 5.22. The van der Waals surface area contributed by atoms with E-state index in [0.29, 0.717) is 6.04 Å². The normalized spacial score (nSPS) is 21.4. The van der Waals surface area contributed by atoms with Crippen molar-refractivity contribution in [3.05, 3.63) is 11.9 Å². The van der Waals surface area contributed by atoms with Crippen molar-refractivity contribution in [3.8, 4) is 0 Å². The third-order valence-corrected chi connectivity index (χ3v) is 3.87. The van der Waals surface area contributed by atoms with Crippen molar-refractivity contribution in [2.45, 2.75) is 58.6 Å². The van der Waals surface area contributed by atoms with Gasteiger partial charge in [0.05, 0.1) is 11.3 Å². The van der Waals surface area contributed by atoms with E-state index in [1.165, 1.54) is 0 Å². The number of hydrogen-bond donors (Lipinski definition) is 1. The standard InChI is InChI=1S/C16H29N3O2/c1-5-20-9-6-8-17-15-18-13(2)12-19(15)14-7-10-21-16(3,4)11-14/h12,14H,5-11H2,1-4H3,(H,17,18). The Morgan fingerprint density at radius 1 is 1.52 bits per heavy atom. The number of nitrogens with one attached hydrogen (secondary N) is 1. The Balaban J connectivity index is 1.96. The van der Waals surface area contributed by atoms with Crippen molar-refractivity contribution in [2.24, 2.45) is 0 Å². The highest BCUT2D eigenvalue weighted by atomic mass is 16.5. The third-order valence-electron chi connectivity index (χ3n) is 3.87. The van der Waals surface area contributed by atoms with Crippen LogP contribution in [-0.2, 0) is 9.47 Å². The number of nitrogens with zero attached hydrogens (tertiary/aromatic N) is 2. The molecule has 0 aromatic carbocycles. The molecule has 5 nitrogen and oxygen atoms in total. The predicted molar refractivity (Wildman–Crippen MR) is 84.9 cm³/mol. The van der Waals surface area contributed by atoms with E-state index in [1.54, 1.807) is 0 Å². The van der Waals surface area contributed by atoms with Gasteiger partial charge in [0.25, 0.3) is 0 Å². The lowest BCUT2D eigenvalue weighted by atomic mass is 9.94. The maximum atomic E-state index is 5.82. The topological polar surface area (TPSA) is 48.3 Å². The molecule has 1 aromatic heterocycles. The average molecular weight is 295 g/mol. The minimum Gasteiger partial charge on any atom is -0.382 e. The lowest BCUT2D eigenvalue weighted by molar-refractivity contribution is -0.0688. The minimum absolute atomic E-state index is 0.0483. The van der Waals surface area contributed by atoms with Gasteiger partial charge in [-0.25, -0.2) is 4.98 Å². The zero-order valence-electron chi connectivity index (χ0n) is 13.8. The first-order valence-electron chi connectivity index (χ1n) is 8.03. The van der Waals surface area contributed by atoms with E-state index in [9.17, 15) is 0 Å². The molecule has 0 saturated carbocycles. The van der Waals surface area contributed by atoms with E-state index in [0.717, 1.165) is 57.3 Å². The highest BCUT2D eigenvalue weighted by Crippen LogP contribution is 2.33. The van der Waals surface area contributed by atoms with Gasteiger partial charge in [-0.15, -0.1) is 0 Å². The van der Waals surface area contributed by atoms with Crippen LogP contribution in [0.25, 0.3) is 0 Å². The van der Waals surface area contributed by atoms with Crippen LogP contribution in [0.4, 0.5) is 5.95 Å². The molecule has 1 aliphatic heterocycles. The van der Waals surface area contributed by atoms with Crippen LogP contribution in [0.2, 0.25) is 0 Å². The molecule has 2 rings (SSSR count). The Morgan fingerprint density at radius 2 is 2.33 bits per heavy atom. The second-order valence-corrected chi connectivity index (χ2v) is 6.35. The first-order valence-corrected chi connectivity index (χ1v) is 8.03. The summed E-state index contributed by atoms with van der Waals surface area (Å²) in [6, 6.07) is 0.462. The van der Waals surface area contributed by atoms with E-state index < -0.39 is 0 Å². The molecule has 5 heteroatoms. The van der Waals surface area contributed by atoms with Crippen molar-refractivity contribution in [3.63, 3.8) is 0 Å². The second kappa shape index (κ2) is 7.27. The maximum Gasteiger partial charge on any atom is 0.203 e. The third kappa shape index (κ3) is 4.71. The number of aryl methyl sites for hydroxylation is 1. The SMILES string of the molecule is CCOCCCNc1nc(C)cn1C1CCOC(C)(C)C1. The second-order valence-electron chi connectivity index (χ2n) is 6.35. The van der Waals surface area contributed by atoms with Crippen molar-refractivity contribution in [1.82, 2.24) is 9.55 Å². The van der Waals surface area contributed by atoms with E-state index in [2.05, 4.69) is 34.9 Å². The van der Waals surface area contributed by atoms with Crippen LogP contribution in [0.3, 0.4) is 0 Å². The number of anilines is 1. The summed E-state index contributed by atoms with van der Waals surface area (Å²) >= 11 is 0. The molecule has 120 valence electrons. The fourth-order valence-corrected chi connectivity index (χ4v) is 2.88. The summed E-state index contributed by atoms with van der Waals surface area (Å²) < 4.78 is 13.5. The lowest BCUT2D eigenvalue weighted by Gasteiger charge is -2.36. The van der Waals surface area contributed by atoms with Crippen LogP contribution in [0, 0.1) is 6.92 Å². The molecule has 0 spiro atoms. The molecule has 1 unspecified atom stereocenters. The van der Waals surface area contributed by atoms with Gasteiger partial charge in [0.2, 0.25) is 5.95 Å². The molecule has 0 radical (unpaired) electrons. The molecule has 0 aliphatic carbocycles. The van der Waals surface area contributed by atoms with Crippen LogP contribution in [-0.4, -0.2) is 41.5 Å². The van der Waals surface area contributed by atoms with Crippen molar-refractivity contribution >= 4 is 5.95 Å². The van der Waals surface area contributed by atoms with Crippen molar-refractivity contribution in [2.75, 3.05) is 31.7 Å². The first-order chi connectivity index (χ1) is 10.0. The zero-order chi connectivity index (χ0) is 15.3. The summed E-state index contributed by atoms with van der Waals surface area (Å²) in [5.74, 6) is 0.978. The van der Waals surface area contributed by atoms with Gasteiger partial charge < -0.3 is 19.4 Å². The van der Waals surface area contributed by atoms with Crippen LogP contribution in [0.15, 0.2) is 6.20 Å². The molecule has 21 heavy (non-hydrogen) atoms. The van der Waals surface area contributed by atoms with E-state index in [1.807, 2.05) is 13.8 Å². The molecule has 1 N–H and O–H groups in total. The number of rotatable bonds is 7. The van der Waals surface area contributed by atoms with Gasteiger partial charge in [-0.3, -0.25) is 0 Å². The molecule has 1 aromatic rings. The Morgan fingerprint density at radius 3 is 3.05 bits per heavy atom. The van der Waals surface area contributed by atoms with E-state index >= 15 is 0 Å². The number of hydrogen-bond acceptors (Lipinski definition) is 4. The molecule has 1 atom stereocenters. The molecule has 1 saturated heterocycles. The smallest absolute Gasteiger partial charge is 0.203 e. The minimum atomic E-state index is -0.0483. The molecule has 1 aliphatic rings. The highest BCUT2D eigenvalue weighted by molar-refractivity contribution is 5.29. The maximum absolute atomic E-state index is 5.82. The van der Waals surface area contributed by atoms with Gasteiger partial charge in [0.1, 0.15) is 0 Å². The Hall–Kier alpha value is -1.07. The van der Waals surface area contributed by atoms with Crippen molar-refractivity contribution < 1.29 is 9.47 Å². The number of ether oxygens (including phenoxy) is 2. The van der Waals surface area contributed by atoms with Gasteiger partial charge >= 0.3 is 0 Å². The number of imidazole rings is 1.